The summed E-state index contributed by atoms with van der Waals surface area (Å²) in [7, 11) is 3.06. The van der Waals surface area contributed by atoms with E-state index in [0.717, 1.165) is 0 Å². The number of carbonyl (C=O) groups excluding carboxylic acids is 2. The number of hydrogen-bond donors (Lipinski definition) is 2. The predicted octanol–water partition coefficient (Wildman–Crippen LogP) is 2.29. The van der Waals surface area contributed by atoms with E-state index in [1.165, 1.54) is 7.11 Å². The molecule has 24 heavy (non-hydrogen) atoms. The predicted molar refractivity (Wildman–Crippen MR) is 88.1 cm³/mol. The van der Waals surface area contributed by atoms with Gasteiger partial charge in [-0.15, -0.1) is 0 Å². The van der Waals surface area contributed by atoms with Crippen molar-refractivity contribution in [2.24, 2.45) is 0 Å². The van der Waals surface area contributed by atoms with E-state index in [0.29, 0.717) is 34.2 Å². The van der Waals surface area contributed by atoms with E-state index in [-0.39, 0.29) is 18.4 Å². The van der Waals surface area contributed by atoms with Gasteiger partial charge in [-0.05, 0) is 30.3 Å². The van der Waals surface area contributed by atoms with Gasteiger partial charge in [0, 0.05) is 11.6 Å². The first-order valence-corrected chi connectivity index (χ1v) is 7.21. The monoisotopic (exact) mass is 328 g/mol. The largest absolute Gasteiger partial charge is 0.497 e. The van der Waals surface area contributed by atoms with Gasteiger partial charge in [0.05, 0.1) is 25.6 Å². The van der Waals surface area contributed by atoms with Crippen LogP contribution in [0.1, 0.15) is 10.4 Å². The number of methoxy groups -OCH3 is 2. The first kappa shape index (κ1) is 15.7. The van der Waals surface area contributed by atoms with Gasteiger partial charge in [0.1, 0.15) is 17.2 Å². The van der Waals surface area contributed by atoms with Gasteiger partial charge in [-0.3, -0.25) is 9.59 Å². The lowest BCUT2D eigenvalue weighted by atomic mass is 10.1. The Morgan fingerprint density at radius 1 is 1.17 bits per heavy atom. The fourth-order valence-electron chi connectivity index (χ4n) is 2.32. The van der Waals surface area contributed by atoms with Crippen LogP contribution >= 0.6 is 0 Å². The van der Waals surface area contributed by atoms with Gasteiger partial charge in [0.15, 0.2) is 6.61 Å². The Hall–Kier alpha value is -3.22. The molecule has 2 aromatic carbocycles. The minimum Gasteiger partial charge on any atom is -0.497 e. The number of nitrogens with one attached hydrogen (secondary N) is 2. The number of amides is 2. The number of rotatable bonds is 4. The molecule has 0 atom stereocenters. The van der Waals surface area contributed by atoms with Crippen LogP contribution in [0.3, 0.4) is 0 Å². The van der Waals surface area contributed by atoms with Crippen molar-refractivity contribution >= 4 is 23.2 Å². The molecule has 0 spiro atoms. The van der Waals surface area contributed by atoms with Crippen LogP contribution in [0.4, 0.5) is 11.4 Å². The van der Waals surface area contributed by atoms with E-state index in [1.807, 2.05) is 0 Å². The zero-order valence-corrected chi connectivity index (χ0v) is 13.2. The van der Waals surface area contributed by atoms with Crippen LogP contribution in [0.15, 0.2) is 36.4 Å². The molecule has 0 saturated carbocycles. The summed E-state index contributed by atoms with van der Waals surface area (Å²) < 4.78 is 15.7. The SMILES string of the molecule is COc1ccc(NC(=O)c2ccc3c(c2)NC(=O)CO3)c(OC)c1. The summed E-state index contributed by atoms with van der Waals surface area (Å²) in [4.78, 5) is 23.8. The molecule has 2 amide bonds. The van der Waals surface area contributed by atoms with Crippen LogP contribution < -0.4 is 24.8 Å². The molecule has 0 aromatic heterocycles. The third kappa shape index (κ3) is 3.10. The van der Waals surface area contributed by atoms with Crippen molar-refractivity contribution in [3.8, 4) is 17.2 Å². The van der Waals surface area contributed by atoms with E-state index < -0.39 is 0 Å². The highest BCUT2D eigenvalue weighted by Crippen LogP contribution is 2.31. The summed E-state index contributed by atoms with van der Waals surface area (Å²) in [5.41, 5.74) is 1.37. The molecular weight excluding hydrogens is 312 g/mol. The lowest BCUT2D eigenvalue weighted by Crippen LogP contribution is -2.25. The van der Waals surface area contributed by atoms with E-state index in [1.54, 1.807) is 43.5 Å². The Labute approximate surface area is 138 Å². The van der Waals surface area contributed by atoms with E-state index in [2.05, 4.69) is 10.6 Å². The molecule has 1 aliphatic heterocycles. The molecule has 7 heteroatoms. The molecule has 7 nitrogen and oxygen atoms in total. The minimum atomic E-state index is -0.332. The molecule has 0 aliphatic carbocycles. The maximum absolute atomic E-state index is 12.5. The van der Waals surface area contributed by atoms with Crippen molar-refractivity contribution in [1.29, 1.82) is 0 Å². The van der Waals surface area contributed by atoms with Gasteiger partial charge < -0.3 is 24.8 Å². The number of hydrogen-bond acceptors (Lipinski definition) is 5. The highest BCUT2D eigenvalue weighted by molar-refractivity contribution is 6.06. The Balaban J connectivity index is 1.83. The molecule has 0 fully saturated rings. The molecule has 2 N–H and O–H groups in total. The van der Waals surface area contributed by atoms with E-state index >= 15 is 0 Å². The molecule has 0 unspecified atom stereocenters. The van der Waals surface area contributed by atoms with Crippen molar-refractivity contribution in [2.75, 3.05) is 31.5 Å². The third-order valence-corrected chi connectivity index (χ3v) is 3.53. The highest BCUT2D eigenvalue weighted by atomic mass is 16.5. The number of ether oxygens (including phenoxy) is 3. The van der Waals surface area contributed by atoms with E-state index in [9.17, 15) is 9.59 Å². The minimum absolute atomic E-state index is 0.0262. The maximum Gasteiger partial charge on any atom is 0.262 e. The molecule has 124 valence electrons. The lowest BCUT2D eigenvalue weighted by molar-refractivity contribution is -0.118. The standard InChI is InChI=1S/C17H16N2O5/c1-22-11-4-5-12(15(8-11)23-2)19-17(21)10-3-6-14-13(7-10)18-16(20)9-24-14/h3-8H,9H2,1-2H3,(H,18,20)(H,19,21). The zero-order valence-electron chi connectivity index (χ0n) is 13.2. The molecule has 0 radical (unpaired) electrons. The van der Waals surface area contributed by atoms with Crippen LogP contribution in [0.5, 0.6) is 17.2 Å². The number of fused-ring (bicyclic) bond motifs is 1. The molecule has 1 aliphatic rings. The normalized spacial score (nSPS) is 12.5. The average Bonchev–Trinajstić information content (AvgIpc) is 2.61. The quantitative estimate of drug-likeness (QED) is 0.899. The molecule has 2 aromatic rings. The topological polar surface area (TPSA) is 85.9 Å². The highest BCUT2D eigenvalue weighted by Gasteiger charge is 2.18. The maximum atomic E-state index is 12.5. The summed E-state index contributed by atoms with van der Waals surface area (Å²) in [5, 5.41) is 5.45. The Kier molecular flexibility index (Phi) is 4.24. The van der Waals surface area contributed by atoms with Crippen LogP contribution in [-0.4, -0.2) is 32.6 Å². The van der Waals surface area contributed by atoms with Gasteiger partial charge in [-0.2, -0.15) is 0 Å². The third-order valence-electron chi connectivity index (χ3n) is 3.53. The second kappa shape index (κ2) is 6.49. The first-order valence-electron chi connectivity index (χ1n) is 7.21. The summed E-state index contributed by atoms with van der Waals surface area (Å²) in [6.45, 7) is -0.0262. The Morgan fingerprint density at radius 3 is 2.75 bits per heavy atom. The smallest absolute Gasteiger partial charge is 0.262 e. The fraction of sp³-hybridized carbons (Fsp3) is 0.176. The van der Waals surface area contributed by atoms with Crippen molar-refractivity contribution < 1.29 is 23.8 Å². The van der Waals surface area contributed by atoms with Crippen molar-refractivity contribution in [1.82, 2.24) is 0 Å². The van der Waals surface area contributed by atoms with Gasteiger partial charge in [-0.1, -0.05) is 0 Å². The van der Waals surface area contributed by atoms with Crippen molar-refractivity contribution in [2.45, 2.75) is 0 Å². The summed E-state index contributed by atoms with van der Waals surface area (Å²) in [5.74, 6) is 1.06. The van der Waals surface area contributed by atoms with Crippen molar-refractivity contribution in [3.05, 3.63) is 42.0 Å². The van der Waals surface area contributed by atoms with Crippen LogP contribution in [-0.2, 0) is 4.79 Å². The molecule has 1 heterocycles. The second-order valence-corrected chi connectivity index (χ2v) is 5.07. The second-order valence-electron chi connectivity index (χ2n) is 5.07. The molecule has 0 bridgehead atoms. The van der Waals surface area contributed by atoms with Gasteiger partial charge in [0.2, 0.25) is 0 Å². The molecule has 0 saturated heterocycles. The Bertz CT molecular complexity index is 804. The number of benzene rings is 2. The van der Waals surface area contributed by atoms with Gasteiger partial charge in [-0.25, -0.2) is 0 Å². The van der Waals surface area contributed by atoms with Gasteiger partial charge >= 0.3 is 0 Å². The summed E-state index contributed by atoms with van der Waals surface area (Å²) in [6.07, 6.45) is 0. The number of anilines is 2. The van der Waals surface area contributed by atoms with Crippen LogP contribution in [0.2, 0.25) is 0 Å². The summed E-state index contributed by atoms with van der Waals surface area (Å²) >= 11 is 0. The van der Waals surface area contributed by atoms with Crippen LogP contribution in [0, 0.1) is 0 Å². The lowest BCUT2D eigenvalue weighted by Gasteiger charge is -2.18. The molecular formula is C17H16N2O5. The van der Waals surface area contributed by atoms with Crippen molar-refractivity contribution in [3.63, 3.8) is 0 Å². The molecule has 3 rings (SSSR count). The zero-order chi connectivity index (χ0) is 17.1. The van der Waals surface area contributed by atoms with Gasteiger partial charge in [0.25, 0.3) is 11.8 Å². The summed E-state index contributed by atoms with van der Waals surface area (Å²) in [6, 6.07) is 9.93. The van der Waals surface area contributed by atoms with E-state index in [4.69, 9.17) is 14.2 Å². The Morgan fingerprint density at radius 2 is 2.00 bits per heavy atom. The first-order chi connectivity index (χ1) is 11.6. The number of carbonyl (C=O) groups is 2. The van der Waals surface area contributed by atoms with Crippen LogP contribution in [0.25, 0.3) is 0 Å². The average molecular weight is 328 g/mol. The fourth-order valence-corrected chi connectivity index (χ4v) is 2.32.